The fourth-order valence-electron chi connectivity index (χ4n) is 5.08. The largest absolute Gasteiger partial charge is 0.480 e. The van der Waals surface area contributed by atoms with Gasteiger partial charge in [0.05, 0.1) is 19.0 Å². The van der Waals surface area contributed by atoms with Gasteiger partial charge in [0.2, 0.25) is 11.8 Å². The summed E-state index contributed by atoms with van der Waals surface area (Å²) < 4.78 is 5.58. The maximum absolute atomic E-state index is 11.4. The number of carbonyl (C=O) groups excluding carboxylic acids is 1. The Morgan fingerprint density at radius 2 is 1.91 bits per heavy atom. The Hall–Kier alpha value is -3.25. The van der Waals surface area contributed by atoms with Crippen LogP contribution in [0.4, 0.5) is 0 Å². The van der Waals surface area contributed by atoms with Crippen molar-refractivity contribution in [3.8, 4) is 28.3 Å². The normalized spacial score (nSPS) is 17.2. The summed E-state index contributed by atoms with van der Waals surface area (Å²) in [4.78, 5) is 20.8. The number of hydrogen-bond donors (Lipinski definition) is 2. The number of rotatable bonds is 7. The van der Waals surface area contributed by atoms with Gasteiger partial charge in [-0.2, -0.15) is 0 Å². The lowest BCUT2D eigenvalue weighted by atomic mass is 9.91. The fourth-order valence-corrected chi connectivity index (χ4v) is 5.08. The van der Waals surface area contributed by atoms with Crippen molar-refractivity contribution in [1.29, 1.82) is 0 Å². The lowest BCUT2D eigenvalue weighted by Gasteiger charge is -2.16. The third-order valence-corrected chi connectivity index (χ3v) is 6.82. The molecule has 0 bridgehead atoms. The van der Waals surface area contributed by atoms with E-state index in [9.17, 15) is 4.79 Å². The SMILES string of the molecule is COc1nc(-c2cccc(-c3cccc4c3CCC4)c2C)cnc1CNCC1CCC(=O)N1. The predicted octanol–water partition coefficient (Wildman–Crippen LogP) is 3.98. The number of benzene rings is 2. The van der Waals surface area contributed by atoms with E-state index in [4.69, 9.17) is 9.72 Å². The highest BCUT2D eigenvalue weighted by Crippen LogP contribution is 2.37. The quantitative estimate of drug-likeness (QED) is 0.579. The van der Waals surface area contributed by atoms with Crippen LogP contribution in [-0.2, 0) is 24.2 Å². The highest BCUT2D eigenvalue weighted by atomic mass is 16.5. The van der Waals surface area contributed by atoms with Gasteiger partial charge < -0.3 is 15.4 Å². The van der Waals surface area contributed by atoms with Crippen LogP contribution >= 0.6 is 0 Å². The molecule has 6 nitrogen and oxygen atoms in total. The predicted molar refractivity (Wildman–Crippen MR) is 129 cm³/mol. The van der Waals surface area contributed by atoms with Crippen LogP contribution in [0.2, 0.25) is 0 Å². The molecule has 1 unspecified atom stereocenters. The fraction of sp³-hybridized carbons (Fsp3) is 0.370. The molecule has 5 rings (SSSR count). The van der Waals surface area contributed by atoms with Gasteiger partial charge in [-0.05, 0) is 60.4 Å². The first-order valence-corrected chi connectivity index (χ1v) is 11.7. The Bertz CT molecular complexity index is 1190. The molecule has 1 saturated heterocycles. The second kappa shape index (κ2) is 9.32. The first kappa shape index (κ1) is 21.6. The number of hydrogen-bond acceptors (Lipinski definition) is 5. The summed E-state index contributed by atoms with van der Waals surface area (Å²) in [6.45, 7) is 3.41. The molecule has 1 fully saturated rings. The third kappa shape index (κ3) is 4.35. The molecular weight excluding hydrogens is 412 g/mol. The number of amides is 1. The Morgan fingerprint density at radius 1 is 1.09 bits per heavy atom. The Kier molecular flexibility index (Phi) is 6.09. The summed E-state index contributed by atoms with van der Waals surface area (Å²) >= 11 is 0. The average molecular weight is 443 g/mol. The van der Waals surface area contributed by atoms with E-state index in [1.54, 1.807) is 7.11 Å². The van der Waals surface area contributed by atoms with Gasteiger partial charge in [0.1, 0.15) is 5.69 Å². The first-order valence-electron chi connectivity index (χ1n) is 11.7. The minimum atomic E-state index is 0.126. The van der Waals surface area contributed by atoms with E-state index < -0.39 is 0 Å². The van der Waals surface area contributed by atoms with Crippen LogP contribution in [0.5, 0.6) is 5.88 Å². The summed E-state index contributed by atoms with van der Waals surface area (Å²) in [5.74, 6) is 0.655. The lowest BCUT2D eigenvalue weighted by Crippen LogP contribution is -2.35. The van der Waals surface area contributed by atoms with E-state index in [2.05, 4.69) is 58.9 Å². The van der Waals surface area contributed by atoms with Crippen LogP contribution in [0.15, 0.2) is 42.6 Å². The van der Waals surface area contributed by atoms with Gasteiger partial charge in [0.15, 0.2) is 0 Å². The number of ether oxygens (including phenoxy) is 1. The standard InChI is InChI=1S/C27H30N4O2/c1-17-20(23-11-4-7-18-6-3-10-22(18)23)8-5-9-21(17)24-16-29-25(27(31-24)33-2)15-28-14-19-12-13-26(32)30-19/h4-5,7-9,11,16,19,28H,3,6,10,12-15H2,1-2H3,(H,30,32). The molecule has 0 saturated carbocycles. The van der Waals surface area contributed by atoms with Crippen LogP contribution in [0, 0.1) is 6.92 Å². The van der Waals surface area contributed by atoms with Gasteiger partial charge >= 0.3 is 0 Å². The smallest absolute Gasteiger partial charge is 0.237 e. The molecule has 170 valence electrons. The van der Waals surface area contributed by atoms with Gasteiger partial charge in [-0.25, -0.2) is 4.98 Å². The molecule has 1 aliphatic carbocycles. The van der Waals surface area contributed by atoms with E-state index in [-0.39, 0.29) is 11.9 Å². The molecule has 1 amide bonds. The molecule has 0 spiro atoms. The van der Waals surface area contributed by atoms with Crippen LogP contribution in [0.1, 0.15) is 41.6 Å². The van der Waals surface area contributed by atoms with Crippen LogP contribution in [0.25, 0.3) is 22.4 Å². The maximum atomic E-state index is 11.4. The number of carbonyl (C=O) groups is 1. The van der Waals surface area contributed by atoms with Gasteiger partial charge in [-0.15, -0.1) is 0 Å². The molecule has 3 aromatic rings. The van der Waals surface area contributed by atoms with E-state index in [1.807, 2.05) is 6.20 Å². The van der Waals surface area contributed by atoms with E-state index in [1.165, 1.54) is 40.7 Å². The Morgan fingerprint density at radius 3 is 2.73 bits per heavy atom. The van der Waals surface area contributed by atoms with Gasteiger partial charge in [-0.3, -0.25) is 9.78 Å². The van der Waals surface area contributed by atoms with Crippen LogP contribution < -0.4 is 15.4 Å². The summed E-state index contributed by atoms with van der Waals surface area (Å²) in [5.41, 5.74) is 9.42. The number of aryl methyl sites for hydroxylation is 1. The number of aromatic nitrogens is 2. The zero-order chi connectivity index (χ0) is 22.8. The van der Waals surface area contributed by atoms with Crippen LogP contribution in [0.3, 0.4) is 0 Å². The molecule has 0 radical (unpaired) electrons. The zero-order valence-corrected chi connectivity index (χ0v) is 19.3. The summed E-state index contributed by atoms with van der Waals surface area (Å²) in [6.07, 6.45) is 6.86. The second-order valence-corrected chi connectivity index (χ2v) is 8.92. The van der Waals surface area contributed by atoms with Crippen molar-refractivity contribution < 1.29 is 9.53 Å². The molecule has 1 atom stereocenters. The minimum absolute atomic E-state index is 0.126. The van der Waals surface area contributed by atoms with Crippen LogP contribution in [-0.4, -0.2) is 35.6 Å². The molecule has 2 aromatic carbocycles. The maximum Gasteiger partial charge on any atom is 0.237 e. The van der Waals surface area contributed by atoms with Gasteiger partial charge in [-0.1, -0.05) is 36.4 Å². The van der Waals surface area contributed by atoms with E-state index in [0.717, 1.165) is 29.8 Å². The third-order valence-electron chi connectivity index (χ3n) is 6.82. The number of nitrogens with zero attached hydrogens (tertiary/aromatic N) is 2. The van der Waals surface area contributed by atoms with Crippen molar-refractivity contribution in [2.24, 2.45) is 0 Å². The summed E-state index contributed by atoms with van der Waals surface area (Å²) in [6, 6.07) is 13.3. The average Bonchev–Trinajstić information content (AvgIpc) is 3.48. The highest BCUT2D eigenvalue weighted by Gasteiger charge is 2.21. The van der Waals surface area contributed by atoms with Gasteiger partial charge in [0, 0.05) is 31.1 Å². The minimum Gasteiger partial charge on any atom is -0.480 e. The van der Waals surface area contributed by atoms with Crippen molar-refractivity contribution >= 4 is 5.91 Å². The Labute approximate surface area is 194 Å². The number of nitrogens with one attached hydrogen (secondary N) is 2. The molecule has 2 N–H and O–H groups in total. The molecule has 6 heteroatoms. The number of fused-ring (bicyclic) bond motifs is 1. The van der Waals surface area contributed by atoms with Gasteiger partial charge in [0.25, 0.3) is 0 Å². The Balaban J connectivity index is 1.39. The number of methoxy groups -OCH3 is 1. The topological polar surface area (TPSA) is 76.1 Å². The van der Waals surface area contributed by atoms with Crippen molar-refractivity contribution in [2.45, 2.75) is 51.6 Å². The van der Waals surface area contributed by atoms with Crippen molar-refractivity contribution in [2.75, 3.05) is 13.7 Å². The molecule has 33 heavy (non-hydrogen) atoms. The first-order chi connectivity index (χ1) is 16.1. The molecule has 1 aliphatic heterocycles. The summed E-state index contributed by atoms with van der Waals surface area (Å²) in [7, 11) is 1.63. The molecule has 2 aliphatic rings. The van der Waals surface area contributed by atoms with Crippen molar-refractivity contribution in [3.05, 3.63) is 65.0 Å². The molecule has 1 aromatic heterocycles. The molecule has 2 heterocycles. The van der Waals surface area contributed by atoms with Crippen molar-refractivity contribution in [1.82, 2.24) is 20.6 Å². The molecular formula is C27H30N4O2. The second-order valence-electron chi connectivity index (χ2n) is 8.92. The van der Waals surface area contributed by atoms with Crippen molar-refractivity contribution in [3.63, 3.8) is 0 Å². The highest BCUT2D eigenvalue weighted by molar-refractivity contribution is 5.79. The lowest BCUT2D eigenvalue weighted by molar-refractivity contribution is -0.119. The zero-order valence-electron chi connectivity index (χ0n) is 19.3. The van der Waals surface area contributed by atoms with E-state index in [0.29, 0.717) is 25.4 Å². The summed E-state index contributed by atoms with van der Waals surface area (Å²) in [5, 5.41) is 6.34. The van der Waals surface area contributed by atoms with E-state index >= 15 is 0 Å². The monoisotopic (exact) mass is 442 g/mol.